The lowest BCUT2D eigenvalue weighted by Gasteiger charge is -2.25. The quantitative estimate of drug-likeness (QED) is 0.705. The van der Waals surface area contributed by atoms with Gasteiger partial charge >= 0.3 is 0 Å². The molecule has 0 atom stereocenters. The van der Waals surface area contributed by atoms with Crippen molar-refractivity contribution in [3.8, 4) is 0 Å². The first-order chi connectivity index (χ1) is 8.78. The Hall–Kier alpha value is -1.40. The zero-order valence-corrected chi connectivity index (χ0v) is 11.3. The van der Waals surface area contributed by atoms with Crippen LogP contribution in [-0.4, -0.2) is 55.5 Å². The molecule has 0 radical (unpaired) electrons. The summed E-state index contributed by atoms with van der Waals surface area (Å²) in [7, 11) is 3.51. The largest absolute Gasteiger partial charge is 0.395 e. The standard InChI is InChI=1S/C12H22N4O2/c1-4-10-11(13-2)14-9-15-12(10)16(5-7-17)6-8-18-3/h9,17H,4-8H2,1-3H3,(H,13,14,15). The average molecular weight is 254 g/mol. The molecule has 18 heavy (non-hydrogen) atoms. The molecule has 0 aliphatic rings. The predicted molar refractivity (Wildman–Crippen MR) is 72.1 cm³/mol. The van der Waals surface area contributed by atoms with Crippen molar-refractivity contribution in [2.45, 2.75) is 13.3 Å². The number of aliphatic hydroxyl groups excluding tert-OH is 1. The van der Waals surface area contributed by atoms with Crippen LogP contribution < -0.4 is 10.2 Å². The predicted octanol–water partition coefficient (Wildman–Crippen LogP) is 0.526. The molecule has 102 valence electrons. The van der Waals surface area contributed by atoms with E-state index in [1.165, 1.54) is 6.33 Å². The second-order valence-electron chi connectivity index (χ2n) is 3.83. The first kappa shape index (κ1) is 14.7. The van der Waals surface area contributed by atoms with Crippen molar-refractivity contribution in [3.63, 3.8) is 0 Å². The molecule has 6 nitrogen and oxygen atoms in total. The van der Waals surface area contributed by atoms with E-state index in [2.05, 4.69) is 22.2 Å². The molecular weight excluding hydrogens is 232 g/mol. The lowest BCUT2D eigenvalue weighted by molar-refractivity contribution is 0.202. The molecule has 0 saturated heterocycles. The number of nitrogens with zero attached hydrogens (tertiary/aromatic N) is 3. The van der Waals surface area contributed by atoms with Gasteiger partial charge in [-0.05, 0) is 6.42 Å². The Morgan fingerprint density at radius 2 is 2.17 bits per heavy atom. The molecule has 0 spiro atoms. The summed E-state index contributed by atoms with van der Waals surface area (Å²) in [5.41, 5.74) is 1.06. The second kappa shape index (κ2) is 7.84. The van der Waals surface area contributed by atoms with Crippen molar-refractivity contribution in [2.75, 3.05) is 50.7 Å². The van der Waals surface area contributed by atoms with Crippen LogP contribution in [0.1, 0.15) is 12.5 Å². The van der Waals surface area contributed by atoms with E-state index in [4.69, 9.17) is 9.84 Å². The summed E-state index contributed by atoms with van der Waals surface area (Å²) in [5.74, 6) is 1.70. The Labute approximate surface area is 108 Å². The molecule has 2 N–H and O–H groups in total. The van der Waals surface area contributed by atoms with Crippen molar-refractivity contribution in [1.29, 1.82) is 0 Å². The van der Waals surface area contributed by atoms with E-state index < -0.39 is 0 Å². The number of aromatic nitrogens is 2. The Morgan fingerprint density at radius 3 is 2.72 bits per heavy atom. The number of hydrogen-bond donors (Lipinski definition) is 2. The fourth-order valence-corrected chi connectivity index (χ4v) is 1.86. The summed E-state index contributed by atoms with van der Waals surface area (Å²) in [4.78, 5) is 10.6. The highest BCUT2D eigenvalue weighted by molar-refractivity contribution is 5.58. The van der Waals surface area contributed by atoms with Gasteiger partial charge in [-0.15, -0.1) is 0 Å². The number of ether oxygens (including phenoxy) is 1. The Kier molecular flexibility index (Phi) is 6.38. The van der Waals surface area contributed by atoms with Gasteiger partial charge in [0.25, 0.3) is 0 Å². The van der Waals surface area contributed by atoms with Crippen molar-refractivity contribution in [1.82, 2.24) is 9.97 Å². The minimum absolute atomic E-state index is 0.0890. The van der Waals surface area contributed by atoms with Crippen LogP contribution >= 0.6 is 0 Å². The summed E-state index contributed by atoms with van der Waals surface area (Å²) < 4.78 is 5.09. The highest BCUT2D eigenvalue weighted by atomic mass is 16.5. The van der Waals surface area contributed by atoms with Gasteiger partial charge in [-0.2, -0.15) is 0 Å². The van der Waals surface area contributed by atoms with Crippen LogP contribution in [0.15, 0.2) is 6.33 Å². The molecule has 1 rings (SSSR count). The highest BCUT2D eigenvalue weighted by Gasteiger charge is 2.15. The summed E-state index contributed by atoms with van der Waals surface area (Å²) in [5, 5.41) is 12.2. The van der Waals surface area contributed by atoms with E-state index >= 15 is 0 Å². The third kappa shape index (κ3) is 3.54. The Bertz CT molecular complexity index is 360. The van der Waals surface area contributed by atoms with Crippen molar-refractivity contribution in [3.05, 3.63) is 11.9 Å². The SMILES string of the molecule is CCc1c(NC)ncnc1N(CCO)CCOC. The fraction of sp³-hybridized carbons (Fsp3) is 0.667. The van der Waals surface area contributed by atoms with E-state index in [9.17, 15) is 0 Å². The van der Waals surface area contributed by atoms with Crippen LogP contribution in [0.2, 0.25) is 0 Å². The maximum atomic E-state index is 9.15. The van der Waals surface area contributed by atoms with Crippen molar-refractivity contribution in [2.24, 2.45) is 0 Å². The third-order valence-electron chi connectivity index (χ3n) is 2.75. The zero-order chi connectivity index (χ0) is 13.4. The molecule has 0 aromatic carbocycles. The number of methoxy groups -OCH3 is 1. The van der Waals surface area contributed by atoms with Crippen LogP contribution in [0.3, 0.4) is 0 Å². The van der Waals surface area contributed by atoms with Gasteiger partial charge in [0.2, 0.25) is 0 Å². The van der Waals surface area contributed by atoms with E-state index in [0.717, 1.165) is 23.6 Å². The van der Waals surface area contributed by atoms with Crippen LogP contribution in [0.4, 0.5) is 11.6 Å². The molecule has 0 fully saturated rings. The van der Waals surface area contributed by atoms with E-state index in [1.54, 1.807) is 7.11 Å². The van der Waals surface area contributed by atoms with Gasteiger partial charge in [-0.3, -0.25) is 0 Å². The molecule has 6 heteroatoms. The molecule has 0 amide bonds. The maximum absolute atomic E-state index is 9.15. The maximum Gasteiger partial charge on any atom is 0.137 e. The number of rotatable bonds is 8. The van der Waals surface area contributed by atoms with Crippen molar-refractivity contribution >= 4 is 11.6 Å². The Morgan fingerprint density at radius 1 is 1.39 bits per heavy atom. The van der Waals surface area contributed by atoms with Gasteiger partial charge in [0, 0.05) is 32.8 Å². The number of hydrogen-bond acceptors (Lipinski definition) is 6. The minimum atomic E-state index is 0.0890. The van der Waals surface area contributed by atoms with Gasteiger partial charge in [-0.1, -0.05) is 6.92 Å². The lowest BCUT2D eigenvalue weighted by Crippen LogP contribution is -2.32. The first-order valence-electron chi connectivity index (χ1n) is 6.14. The van der Waals surface area contributed by atoms with Crippen molar-refractivity contribution < 1.29 is 9.84 Å². The molecule has 1 aromatic heterocycles. The molecule has 0 unspecified atom stereocenters. The second-order valence-corrected chi connectivity index (χ2v) is 3.83. The summed E-state index contributed by atoms with van der Waals surface area (Å²) >= 11 is 0. The van der Waals surface area contributed by atoms with Gasteiger partial charge < -0.3 is 20.1 Å². The van der Waals surface area contributed by atoms with Gasteiger partial charge in [0.15, 0.2) is 0 Å². The number of aliphatic hydroxyl groups is 1. The normalized spacial score (nSPS) is 10.4. The van der Waals surface area contributed by atoms with Crippen LogP contribution in [0.5, 0.6) is 0 Å². The minimum Gasteiger partial charge on any atom is -0.395 e. The zero-order valence-electron chi connectivity index (χ0n) is 11.3. The molecular formula is C12H22N4O2. The smallest absolute Gasteiger partial charge is 0.137 e. The van der Waals surface area contributed by atoms with Gasteiger partial charge in [-0.25, -0.2) is 9.97 Å². The average Bonchev–Trinajstić information content (AvgIpc) is 2.42. The monoisotopic (exact) mass is 254 g/mol. The molecule has 0 aliphatic heterocycles. The third-order valence-corrected chi connectivity index (χ3v) is 2.75. The molecule has 0 bridgehead atoms. The van der Waals surface area contributed by atoms with Crippen LogP contribution in [-0.2, 0) is 11.2 Å². The Balaban J connectivity index is 3.01. The topological polar surface area (TPSA) is 70.5 Å². The van der Waals surface area contributed by atoms with E-state index in [0.29, 0.717) is 19.7 Å². The molecule has 1 heterocycles. The van der Waals surface area contributed by atoms with Crippen LogP contribution in [0, 0.1) is 0 Å². The number of anilines is 2. The van der Waals surface area contributed by atoms with E-state index in [-0.39, 0.29) is 6.61 Å². The lowest BCUT2D eigenvalue weighted by atomic mass is 10.2. The molecule has 0 saturated carbocycles. The summed E-state index contributed by atoms with van der Waals surface area (Å²) in [6, 6.07) is 0. The fourth-order valence-electron chi connectivity index (χ4n) is 1.86. The van der Waals surface area contributed by atoms with Gasteiger partial charge in [0.05, 0.1) is 13.2 Å². The highest BCUT2D eigenvalue weighted by Crippen LogP contribution is 2.23. The molecule has 0 aliphatic carbocycles. The summed E-state index contributed by atoms with van der Waals surface area (Å²) in [6.45, 7) is 3.99. The van der Waals surface area contributed by atoms with Gasteiger partial charge in [0.1, 0.15) is 18.0 Å². The molecule has 1 aromatic rings. The number of nitrogens with one attached hydrogen (secondary N) is 1. The van der Waals surface area contributed by atoms with E-state index in [1.807, 2.05) is 11.9 Å². The first-order valence-corrected chi connectivity index (χ1v) is 6.14. The van der Waals surface area contributed by atoms with Crippen LogP contribution in [0.25, 0.3) is 0 Å². The summed E-state index contributed by atoms with van der Waals surface area (Å²) in [6.07, 6.45) is 2.37.